The second-order valence-electron chi connectivity index (χ2n) is 3.68. The van der Waals surface area contributed by atoms with E-state index in [1.54, 1.807) is 12.1 Å². The van der Waals surface area contributed by atoms with Gasteiger partial charge in [0, 0.05) is 6.42 Å². The number of rotatable bonds is 6. The molecule has 0 bridgehead atoms. The fourth-order valence-electron chi connectivity index (χ4n) is 1.42. The zero-order valence-corrected chi connectivity index (χ0v) is 11.2. The third-order valence-corrected chi connectivity index (χ3v) is 4.22. The number of carbonyl (C=O) groups excluding carboxylic acids is 1. The Balaban J connectivity index is 2.71. The predicted molar refractivity (Wildman–Crippen MR) is 66.3 cm³/mol. The quantitative estimate of drug-likeness (QED) is 0.732. The first kappa shape index (κ1) is 14.5. The van der Waals surface area contributed by atoms with Crippen molar-refractivity contribution in [2.24, 2.45) is 0 Å². The summed E-state index contributed by atoms with van der Waals surface area (Å²) in [6, 6.07) is 6.27. The van der Waals surface area contributed by atoms with E-state index in [0.717, 1.165) is 0 Å². The van der Waals surface area contributed by atoms with E-state index in [9.17, 15) is 13.2 Å². The van der Waals surface area contributed by atoms with E-state index in [1.807, 2.05) is 0 Å². The zero-order chi connectivity index (χ0) is 13.6. The average molecular weight is 272 g/mol. The first-order valence-corrected chi connectivity index (χ1v) is 7.08. The van der Waals surface area contributed by atoms with E-state index in [2.05, 4.69) is 4.74 Å². The minimum Gasteiger partial charge on any atom is -0.497 e. The molecule has 0 amide bonds. The van der Waals surface area contributed by atoms with Gasteiger partial charge in [-0.1, -0.05) is 6.07 Å². The van der Waals surface area contributed by atoms with Gasteiger partial charge in [0.15, 0.2) is 9.84 Å². The molecule has 0 radical (unpaired) electrons. The molecule has 6 heteroatoms. The lowest BCUT2D eigenvalue weighted by atomic mass is 10.3. The Bertz CT molecular complexity index is 507. The van der Waals surface area contributed by atoms with Gasteiger partial charge in [0.25, 0.3) is 0 Å². The van der Waals surface area contributed by atoms with Crippen LogP contribution in [-0.2, 0) is 19.4 Å². The number of hydrogen-bond acceptors (Lipinski definition) is 5. The standard InChI is InChI=1S/C12H16O5S/c1-16-10-5-3-6-11(9-10)18(14,15)8-4-7-12(13)17-2/h3,5-6,9H,4,7-8H2,1-2H3. The molecule has 0 aromatic heterocycles. The molecule has 1 aromatic carbocycles. The number of sulfone groups is 1. The third kappa shape index (κ3) is 4.03. The molecule has 0 aliphatic rings. The van der Waals surface area contributed by atoms with Gasteiger partial charge in [-0.2, -0.15) is 0 Å². The number of benzene rings is 1. The summed E-state index contributed by atoms with van der Waals surface area (Å²) >= 11 is 0. The summed E-state index contributed by atoms with van der Waals surface area (Å²) in [5, 5.41) is 0. The van der Waals surface area contributed by atoms with Crippen LogP contribution in [0.1, 0.15) is 12.8 Å². The SMILES string of the molecule is COC(=O)CCCS(=O)(=O)c1cccc(OC)c1. The van der Waals surface area contributed by atoms with Crippen molar-refractivity contribution in [3.05, 3.63) is 24.3 Å². The summed E-state index contributed by atoms with van der Waals surface area (Å²) in [4.78, 5) is 11.1. The molecule has 100 valence electrons. The van der Waals surface area contributed by atoms with Gasteiger partial charge in [-0.3, -0.25) is 4.79 Å². The van der Waals surface area contributed by atoms with Gasteiger partial charge in [-0.05, 0) is 24.6 Å². The molecule has 0 atom stereocenters. The molecule has 0 saturated heterocycles. The summed E-state index contributed by atoms with van der Waals surface area (Å²) < 4.78 is 33.3. The largest absolute Gasteiger partial charge is 0.497 e. The highest BCUT2D eigenvalue weighted by molar-refractivity contribution is 7.91. The molecule has 0 fully saturated rings. The van der Waals surface area contributed by atoms with Crippen LogP contribution in [0.2, 0.25) is 0 Å². The molecule has 0 N–H and O–H groups in total. The summed E-state index contributed by atoms with van der Waals surface area (Å²) in [6.07, 6.45) is 0.339. The third-order valence-electron chi connectivity index (χ3n) is 2.42. The van der Waals surface area contributed by atoms with Crippen molar-refractivity contribution in [3.63, 3.8) is 0 Å². The van der Waals surface area contributed by atoms with E-state index in [1.165, 1.54) is 26.4 Å². The van der Waals surface area contributed by atoms with Crippen LogP contribution >= 0.6 is 0 Å². The van der Waals surface area contributed by atoms with Gasteiger partial charge < -0.3 is 9.47 Å². The summed E-state index contributed by atoms with van der Waals surface area (Å²) in [6.45, 7) is 0. The van der Waals surface area contributed by atoms with Crippen molar-refractivity contribution in [1.29, 1.82) is 0 Å². The van der Waals surface area contributed by atoms with E-state index in [0.29, 0.717) is 5.75 Å². The fraction of sp³-hybridized carbons (Fsp3) is 0.417. The van der Waals surface area contributed by atoms with Gasteiger partial charge in [0.2, 0.25) is 0 Å². The van der Waals surface area contributed by atoms with Gasteiger partial charge in [-0.25, -0.2) is 8.42 Å². The van der Waals surface area contributed by atoms with E-state index in [4.69, 9.17) is 4.74 Å². The van der Waals surface area contributed by atoms with Crippen molar-refractivity contribution in [3.8, 4) is 5.75 Å². The topological polar surface area (TPSA) is 69.7 Å². The monoisotopic (exact) mass is 272 g/mol. The maximum Gasteiger partial charge on any atom is 0.305 e. The van der Waals surface area contributed by atoms with Crippen molar-refractivity contribution >= 4 is 15.8 Å². The zero-order valence-electron chi connectivity index (χ0n) is 10.4. The van der Waals surface area contributed by atoms with Crippen LogP contribution < -0.4 is 4.74 Å². The molecule has 0 aliphatic heterocycles. The molecule has 5 nitrogen and oxygen atoms in total. The molecule has 0 aliphatic carbocycles. The predicted octanol–water partition coefficient (Wildman–Crippen LogP) is 1.42. The molecule has 0 heterocycles. The molecular weight excluding hydrogens is 256 g/mol. The van der Waals surface area contributed by atoms with Crippen molar-refractivity contribution < 1.29 is 22.7 Å². The Kier molecular flexibility index (Phi) is 5.15. The van der Waals surface area contributed by atoms with E-state index >= 15 is 0 Å². The number of carbonyl (C=O) groups is 1. The summed E-state index contributed by atoms with van der Waals surface area (Å²) in [5.41, 5.74) is 0. The maximum atomic E-state index is 12.0. The lowest BCUT2D eigenvalue weighted by Crippen LogP contribution is -2.09. The van der Waals surface area contributed by atoms with Crippen molar-refractivity contribution in [2.45, 2.75) is 17.7 Å². The molecule has 0 spiro atoms. The van der Waals surface area contributed by atoms with Crippen LogP contribution in [0.3, 0.4) is 0 Å². The Morgan fingerprint density at radius 3 is 2.61 bits per heavy atom. The lowest BCUT2D eigenvalue weighted by molar-refractivity contribution is -0.140. The molecule has 1 rings (SSSR count). The molecule has 0 saturated carbocycles. The fourth-order valence-corrected chi connectivity index (χ4v) is 2.76. The Morgan fingerprint density at radius 1 is 1.28 bits per heavy atom. The Morgan fingerprint density at radius 2 is 2.00 bits per heavy atom. The normalized spacial score (nSPS) is 11.0. The summed E-state index contributed by atoms with van der Waals surface area (Å²) in [5.74, 6) is -0.00480. The maximum absolute atomic E-state index is 12.0. The highest BCUT2D eigenvalue weighted by Crippen LogP contribution is 2.19. The van der Waals surface area contributed by atoms with Crippen molar-refractivity contribution in [2.75, 3.05) is 20.0 Å². The Labute approximate surface area is 107 Å². The second-order valence-corrected chi connectivity index (χ2v) is 5.79. The first-order valence-electron chi connectivity index (χ1n) is 5.43. The number of esters is 1. The smallest absolute Gasteiger partial charge is 0.305 e. The first-order chi connectivity index (χ1) is 8.49. The van der Waals surface area contributed by atoms with E-state index < -0.39 is 15.8 Å². The van der Waals surface area contributed by atoms with Crippen LogP contribution in [0.25, 0.3) is 0 Å². The van der Waals surface area contributed by atoms with Gasteiger partial charge >= 0.3 is 5.97 Å². The molecule has 0 unspecified atom stereocenters. The van der Waals surface area contributed by atoms with Crippen molar-refractivity contribution in [1.82, 2.24) is 0 Å². The highest BCUT2D eigenvalue weighted by Gasteiger charge is 2.15. The molecule has 1 aromatic rings. The van der Waals surface area contributed by atoms with Gasteiger partial charge in [0.1, 0.15) is 5.75 Å². The van der Waals surface area contributed by atoms with Crippen LogP contribution in [-0.4, -0.2) is 34.4 Å². The van der Waals surface area contributed by atoms with Gasteiger partial charge in [-0.15, -0.1) is 0 Å². The van der Waals surface area contributed by atoms with Crippen LogP contribution in [0.15, 0.2) is 29.2 Å². The van der Waals surface area contributed by atoms with Crippen LogP contribution in [0.4, 0.5) is 0 Å². The highest BCUT2D eigenvalue weighted by atomic mass is 32.2. The van der Waals surface area contributed by atoms with Crippen LogP contribution in [0, 0.1) is 0 Å². The molecule has 18 heavy (non-hydrogen) atoms. The van der Waals surface area contributed by atoms with Crippen LogP contribution in [0.5, 0.6) is 5.75 Å². The lowest BCUT2D eigenvalue weighted by Gasteiger charge is -2.06. The second kappa shape index (κ2) is 6.39. The molecular formula is C12H16O5S. The number of hydrogen-bond donors (Lipinski definition) is 0. The average Bonchev–Trinajstić information content (AvgIpc) is 2.38. The number of ether oxygens (including phenoxy) is 2. The Hall–Kier alpha value is -1.56. The van der Waals surface area contributed by atoms with E-state index in [-0.39, 0.29) is 23.5 Å². The number of methoxy groups -OCH3 is 2. The summed E-state index contributed by atoms with van der Waals surface area (Å²) in [7, 11) is -0.633. The minimum absolute atomic E-state index is 0.0880. The van der Waals surface area contributed by atoms with Gasteiger partial charge in [0.05, 0.1) is 24.9 Å². The minimum atomic E-state index is -3.38.